The van der Waals surface area contributed by atoms with E-state index in [0.717, 1.165) is 31.6 Å². The number of hydrogen-bond acceptors (Lipinski definition) is 2. The van der Waals surface area contributed by atoms with Crippen molar-refractivity contribution < 1.29 is 9.13 Å². The van der Waals surface area contributed by atoms with Gasteiger partial charge in [-0.2, -0.15) is 0 Å². The predicted octanol–water partition coefficient (Wildman–Crippen LogP) is 2.69. The molecule has 1 aliphatic heterocycles. The van der Waals surface area contributed by atoms with Crippen molar-refractivity contribution in [2.45, 2.75) is 32.8 Å². The molecule has 100 valence electrons. The molecule has 0 saturated carbocycles. The first kappa shape index (κ1) is 13.5. The number of nitrogens with one attached hydrogen (secondary N) is 1. The number of benzene rings is 1. The summed E-state index contributed by atoms with van der Waals surface area (Å²) in [4.78, 5) is 0. The lowest BCUT2D eigenvalue weighted by molar-refractivity contribution is 0.0639. The molecule has 1 N–H and O–H groups in total. The van der Waals surface area contributed by atoms with Crippen LogP contribution >= 0.6 is 0 Å². The van der Waals surface area contributed by atoms with Gasteiger partial charge in [0.2, 0.25) is 0 Å². The highest BCUT2D eigenvalue weighted by Crippen LogP contribution is 2.38. The van der Waals surface area contributed by atoms with Gasteiger partial charge < -0.3 is 10.1 Å². The van der Waals surface area contributed by atoms with Gasteiger partial charge in [-0.3, -0.25) is 0 Å². The van der Waals surface area contributed by atoms with Crippen LogP contribution in [0.5, 0.6) is 0 Å². The number of ether oxygens (including phenoxy) is 1. The lowest BCUT2D eigenvalue weighted by Crippen LogP contribution is -2.40. The Morgan fingerprint density at radius 3 is 2.83 bits per heavy atom. The van der Waals surface area contributed by atoms with Gasteiger partial charge in [0.25, 0.3) is 0 Å². The van der Waals surface area contributed by atoms with Crippen molar-refractivity contribution in [2.24, 2.45) is 5.41 Å². The van der Waals surface area contributed by atoms with Gasteiger partial charge in [-0.1, -0.05) is 6.07 Å². The highest BCUT2D eigenvalue weighted by atomic mass is 19.1. The fourth-order valence-corrected chi connectivity index (χ4v) is 2.93. The number of aryl methyl sites for hydroxylation is 1. The maximum atomic E-state index is 13.1. The van der Waals surface area contributed by atoms with E-state index in [-0.39, 0.29) is 17.3 Å². The topological polar surface area (TPSA) is 21.3 Å². The summed E-state index contributed by atoms with van der Waals surface area (Å²) >= 11 is 0. The Labute approximate surface area is 109 Å². The summed E-state index contributed by atoms with van der Waals surface area (Å²) in [5, 5.41) is 3.28. The quantitative estimate of drug-likeness (QED) is 0.888. The van der Waals surface area contributed by atoms with Gasteiger partial charge in [0, 0.05) is 18.6 Å². The van der Waals surface area contributed by atoms with E-state index in [1.165, 1.54) is 5.56 Å². The molecule has 1 aliphatic rings. The Morgan fingerprint density at radius 1 is 1.50 bits per heavy atom. The zero-order chi connectivity index (χ0) is 13.2. The molecule has 2 atom stereocenters. The van der Waals surface area contributed by atoms with Crippen LogP contribution < -0.4 is 5.32 Å². The normalized spacial score (nSPS) is 27.7. The molecule has 1 saturated heterocycles. The van der Waals surface area contributed by atoms with Crippen LogP contribution in [0.2, 0.25) is 0 Å². The molecular formula is C15H22FNO. The summed E-state index contributed by atoms with van der Waals surface area (Å²) in [6, 6.07) is 5.08. The molecule has 2 unspecified atom stereocenters. The summed E-state index contributed by atoms with van der Waals surface area (Å²) in [5.74, 6) is -0.158. The van der Waals surface area contributed by atoms with Gasteiger partial charge in [-0.05, 0) is 57.0 Å². The van der Waals surface area contributed by atoms with Crippen molar-refractivity contribution in [3.8, 4) is 0 Å². The predicted molar refractivity (Wildman–Crippen MR) is 71.2 cm³/mol. The highest BCUT2D eigenvalue weighted by molar-refractivity contribution is 5.28. The summed E-state index contributed by atoms with van der Waals surface area (Å²) in [6.07, 6.45) is 2.25. The van der Waals surface area contributed by atoms with Crippen molar-refractivity contribution >= 4 is 0 Å². The third kappa shape index (κ3) is 2.57. The van der Waals surface area contributed by atoms with Crippen LogP contribution in [-0.4, -0.2) is 26.3 Å². The van der Waals surface area contributed by atoms with Crippen molar-refractivity contribution in [2.75, 3.05) is 20.2 Å². The average molecular weight is 251 g/mol. The van der Waals surface area contributed by atoms with Gasteiger partial charge in [-0.15, -0.1) is 0 Å². The Bertz CT molecular complexity index is 421. The maximum Gasteiger partial charge on any atom is 0.123 e. The lowest BCUT2D eigenvalue weighted by Gasteiger charge is -2.32. The van der Waals surface area contributed by atoms with Crippen molar-refractivity contribution in [3.63, 3.8) is 0 Å². The van der Waals surface area contributed by atoms with E-state index in [2.05, 4.69) is 12.2 Å². The van der Waals surface area contributed by atoms with Gasteiger partial charge in [-0.25, -0.2) is 4.39 Å². The first-order chi connectivity index (χ1) is 8.57. The Balaban J connectivity index is 2.23. The molecule has 0 amide bonds. The van der Waals surface area contributed by atoms with Crippen LogP contribution in [0.25, 0.3) is 0 Å². The molecule has 18 heavy (non-hydrogen) atoms. The van der Waals surface area contributed by atoms with Crippen molar-refractivity contribution in [3.05, 3.63) is 35.1 Å². The molecule has 2 rings (SSSR count). The fourth-order valence-electron chi connectivity index (χ4n) is 2.93. The maximum absolute atomic E-state index is 13.1. The number of halogens is 1. The van der Waals surface area contributed by atoms with Crippen LogP contribution in [0.15, 0.2) is 18.2 Å². The molecule has 0 radical (unpaired) electrons. The molecule has 2 nitrogen and oxygen atoms in total. The van der Waals surface area contributed by atoms with E-state index < -0.39 is 0 Å². The molecule has 1 heterocycles. The van der Waals surface area contributed by atoms with E-state index in [9.17, 15) is 4.39 Å². The smallest absolute Gasteiger partial charge is 0.123 e. The minimum atomic E-state index is -0.158. The van der Waals surface area contributed by atoms with Crippen LogP contribution in [0, 0.1) is 18.2 Å². The molecule has 0 spiro atoms. The number of hydrogen-bond donors (Lipinski definition) is 1. The average Bonchev–Trinajstić information content (AvgIpc) is 2.65. The minimum Gasteiger partial charge on any atom is -0.378 e. The van der Waals surface area contributed by atoms with Gasteiger partial charge in [0.05, 0.1) is 6.10 Å². The second-order valence-electron chi connectivity index (χ2n) is 5.40. The standard InChI is InChI=1S/C15H22FNO/c1-11-8-14(16)5-4-13(11)9-15(10-17-3)6-7-18-12(15)2/h4-5,8,12,17H,6-7,9-10H2,1-3H3. The zero-order valence-corrected chi connectivity index (χ0v) is 11.4. The van der Waals surface area contributed by atoms with E-state index in [4.69, 9.17) is 4.74 Å². The van der Waals surface area contributed by atoms with Gasteiger partial charge >= 0.3 is 0 Å². The second-order valence-corrected chi connectivity index (χ2v) is 5.40. The van der Waals surface area contributed by atoms with Crippen LogP contribution in [0.3, 0.4) is 0 Å². The summed E-state index contributed by atoms with van der Waals surface area (Å²) in [5.41, 5.74) is 2.39. The van der Waals surface area contributed by atoms with Crippen molar-refractivity contribution in [1.29, 1.82) is 0 Å². The molecule has 3 heteroatoms. The second kappa shape index (κ2) is 5.37. The molecular weight excluding hydrogens is 229 g/mol. The first-order valence-electron chi connectivity index (χ1n) is 6.59. The largest absolute Gasteiger partial charge is 0.378 e. The minimum absolute atomic E-state index is 0.136. The molecule has 0 aromatic heterocycles. The van der Waals surface area contributed by atoms with Gasteiger partial charge in [0.1, 0.15) is 5.82 Å². The van der Waals surface area contributed by atoms with E-state index in [1.54, 1.807) is 12.1 Å². The molecule has 1 aromatic carbocycles. The molecule has 1 aromatic rings. The SMILES string of the molecule is CNCC1(Cc2ccc(F)cc2C)CCOC1C. The Hall–Kier alpha value is -0.930. The van der Waals surface area contributed by atoms with Crippen molar-refractivity contribution in [1.82, 2.24) is 5.32 Å². The van der Waals surface area contributed by atoms with Crippen LogP contribution in [0.1, 0.15) is 24.5 Å². The third-order valence-corrected chi connectivity index (χ3v) is 4.21. The van der Waals surface area contributed by atoms with Crippen LogP contribution in [-0.2, 0) is 11.2 Å². The zero-order valence-electron chi connectivity index (χ0n) is 11.4. The fraction of sp³-hybridized carbons (Fsp3) is 0.600. The molecule has 1 fully saturated rings. The monoisotopic (exact) mass is 251 g/mol. The summed E-state index contributed by atoms with van der Waals surface area (Å²) in [7, 11) is 1.98. The molecule has 0 aliphatic carbocycles. The van der Waals surface area contributed by atoms with E-state index in [1.807, 2.05) is 20.0 Å². The lowest BCUT2D eigenvalue weighted by atomic mass is 9.75. The third-order valence-electron chi connectivity index (χ3n) is 4.21. The highest BCUT2D eigenvalue weighted by Gasteiger charge is 2.41. The number of rotatable bonds is 4. The summed E-state index contributed by atoms with van der Waals surface area (Å²) < 4.78 is 18.9. The Morgan fingerprint density at radius 2 is 2.28 bits per heavy atom. The van der Waals surface area contributed by atoms with E-state index >= 15 is 0 Å². The van der Waals surface area contributed by atoms with Crippen LogP contribution in [0.4, 0.5) is 4.39 Å². The first-order valence-corrected chi connectivity index (χ1v) is 6.59. The van der Waals surface area contributed by atoms with Gasteiger partial charge in [0.15, 0.2) is 0 Å². The summed E-state index contributed by atoms with van der Waals surface area (Å²) in [6.45, 7) is 5.88. The van der Waals surface area contributed by atoms with E-state index in [0.29, 0.717) is 0 Å². The molecule has 0 bridgehead atoms. The Kier molecular flexibility index (Phi) is 4.03.